The van der Waals surface area contributed by atoms with Crippen LogP contribution in [0.2, 0.25) is 0 Å². The number of hydrogen-bond donors (Lipinski definition) is 0. The minimum atomic E-state index is -3.14. The van der Waals surface area contributed by atoms with Gasteiger partial charge in [0.15, 0.2) is 15.9 Å². The third-order valence-corrected chi connectivity index (χ3v) is 4.47. The maximum absolute atomic E-state index is 12.3. The van der Waals surface area contributed by atoms with Gasteiger partial charge in [-0.25, -0.2) is 13.2 Å². The van der Waals surface area contributed by atoms with E-state index in [4.69, 9.17) is 4.74 Å². The van der Waals surface area contributed by atoms with Crippen molar-refractivity contribution in [3.8, 4) is 0 Å². The molecule has 25 heavy (non-hydrogen) atoms. The summed E-state index contributed by atoms with van der Waals surface area (Å²) in [5.74, 6) is -0.995. The van der Waals surface area contributed by atoms with Crippen LogP contribution in [-0.2, 0) is 20.3 Å². The van der Waals surface area contributed by atoms with Crippen LogP contribution >= 0.6 is 0 Å². The van der Waals surface area contributed by atoms with Crippen molar-refractivity contribution >= 4 is 21.6 Å². The molecule has 132 valence electrons. The summed E-state index contributed by atoms with van der Waals surface area (Å²) >= 11 is 0. The second-order valence-corrected chi connectivity index (χ2v) is 8.19. The highest BCUT2D eigenvalue weighted by Crippen LogP contribution is 2.13. The van der Waals surface area contributed by atoms with Crippen LogP contribution in [0.3, 0.4) is 0 Å². The van der Waals surface area contributed by atoms with Crippen LogP contribution in [0.4, 0.5) is 0 Å². The average Bonchev–Trinajstić information content (AvgIpc) is 2.54. The SMILES string of the molecule is Cc1ccc(C(=O)[C@@H](C)OC(=O)c2ccc(CS(C)(=O)=O)cc2)cc1. The molecular weight excluding hydrogens is 340 g/mol. The number of rotatable bonds is 6. The van der Waals surface area contributed by atoms with E-state index in [0.717, 1.165) is 11.8 Å². The second-order valence-electron chi connectivity index (χ2n) is 6.04. The van der Waals surface area contributed by atoms with Crippen LogP contribution in [0.5, 0.6) is 0 Å². The number of ketones is 1. The monoisotopic (exact) mass is 360 g/mol. The number of sulfone groups is 1. The Morgan fingerprint density at radius 3 is 2.00 bits per heavy atom. The summed E-state index contributed by atoms with van der Waals surface area (Å²) in [5, 5.41) is 0. The maximum atomic E-state index is 12.3. The molecular formula is C19H20O5S. The van der Waals surface area contributed by atoms with E-state index in [9.17, 15) is 18.0 Å². The second kappa shape index (κ2) is 7.61. The Kier molecular flexibility index (Phi) is 5.74. The Balaban J connectivity index is 2.03. The Morgan fingerprint density at radius 1 is 0.960 bits per heavy atom. The molecule has 0 aliphatic carbocycles. The topological polar surface area (TPSA) is 77.5 Å². The molecule has 0 N–H and O–H groups in total. The molecule has 0 saturated carbocycles. The molecule has 0 bridgehead atoms. The summed E-state index contributed by atoms with van der Waals surface area (Å²) in [6.45, 7) is 3.45. The lowest BCUT2D eigenvalue weighted by atomic mass is 10.1. The molecule has 5 nitrogen and oxygen atoms in total. The fourth-order valence-corrected chi connectivity index (χ4v) is 3.07. The molecule has 0 aromatic heterocycles. The molecule has 2 aromatic carbocycles. The summed E-state index contributed by atoms with van der Waals surface area (Å²) < 4.78 is 27.7. The van der Waals surface area contributed by atoms with Crippen molar-refractivity contribution in [3.05, 3.63) is 70.8 Å². The van der Waals surface area contributed by atoms with Crippen LogP contribution in [0.15, 0.2) is 48.5 Å². The predicted molar refractivity (Wildman–Crippen MR) is 95.4 cm³/mol. The van der Waals surface area contributed by atoms with Crippen molar-refractivity contribution in [2.75, 3.05) is 6.26 Å². The van der Waals surface area contributed by atoms with E-state index in [1.807, 2.05) is 19.1 Å². The lowest BCUT2D eigenvalue weighted by molar-refractivity contribution is 0.0319. The van der Waals surface area contributed by atoms with Crippen molar-refractivity contribution in [3.63, 3.8) is 0 Å². The van der Waals surface area contributed by atoms with E-state index in [1.165, 1.54) is 19.1 Å². The number of benzene rings is 2. The van der Waals surface area contributed by atoms with Crippen molar-refractivity contribution in [2.24, 2.45) is 0 Å². The Morgan fingerprint density at radius 2 is 1.48 bits per heavy atom. The van der Waals surface area contributed by atoms with Gasteiger partial charge in [0.1, 0.15) is 0 Å². The number of Topliss-reactive ketones (excluding diaryl/α,β-unsaturated/α-hetero) is 1. The van der Waals surface area contributed by atoms with Gasteiger partial charge in [0.05, 0.1) is 11.3 Å². The van der Waals surface area contributed by atoms with Crippen molar-refractivity contribution in [1.29, 1.82) is 0 Å². The molecule has 0 amide bonds. The summed E-state index contributed by atoms with van der Waals surface area (Å²) in [6.07, 6.45) is 0.235. The zero-order valence-corrected chi connectivity index (χ0v) is 15.2. The molecule has 0 saturated heterocycles. The first-order valence-electron chi connectivity index (χ1n) is 7.74. The van der Waals surface area contributed by atoms with Crippen LogP contribution in [0, 0.1) is 6.92 Å². The van der Waals surface area contributed by atoms with Gasteiger partial charge < -0.3 is 4.74 Å². The van der Waals surface area contributed by atoms with Gasteiger partial charge in [0, 0.05) is 11.8 Å². The van der Waals surface area contributed by atoms with Gasteiger partial charge in [-0.1, -0.05) is 42.0 Å². The van der Waals surface area contributed by atoms with Gasteiger partial charge in [0.25, 0.3) is 0 Å². The first kappa shape index (κ1) is 18.9. The summed E-state index contributed by atoms with van der Waals surface area (Å²) in [5.41, 5.74) is 2.37. The van der Waals surface area contributed by atoms with Gasteiger partial charge >= 0.3 is 5.97 Å². The fourth-order valence-electron chi connectivity index (χ4n) is 2.27. The molecule has 0 unspecified atom stereocenters. The van der Waals surface area contributed by atoms with E-state index < -0.39 is 21.9 Å². The number of esters is 1. The summed E-state index contributed by atoms with van der Waals surface area (Å²) in [7, 11) is -3.14. The normalized spacial score (nSPS) is 12.4. The Labute approximate surface area is 147 Å². The van der Waals surface area contributed by atoms with Crippen LogP contribution < -0.4 is 0 Å². The number of carbonyl (C=O) groups is 2. The van der Waals surface area contributed by atoms with Gasteiger partial charge in [-0.3, -0.25) is 4.79 Å². The van der Waals surface area contributed by atoms with Crippen LogP contribution in [-0.4, -0.2) is 32.5 Å². The zero-order chi connectivity index (χ0) is 18.6. The fraction of sp³-hybridized carbons (Fsp3) is 0.263. The molecule has 0 fully saturated rings. The highest BCUT2D eigenvalue weighted by atomic mass is 32.2. The van der Waals surface area contributed by atoms with E-state index in [1.54, 1.807) is 24.3 Å². The lowest BCUT2D eigenvalue weighted by Crippen LogP contribution is -2.24. The third-order valence-electron chi connectivity index (χ3n) is 3.61. The highest BCUT2D eigenvalue weighted by molar-refractivity contribution is 7.89. The van der Waals surface area contributed by atoms with E-state index >= 15 is 0 Å². The summed E-state index contributed by atoms with van der Waals surface area (Å²) in [6, 6.07) is 13.1. The molecule has 0 radical (unpaired) electrons. The smallest absolute Gasteiger partial charge is 0.338 e. The first-order chi connectivity index (χ1) is 11.7. The van der Waals surface area contributed by atoms with Gasteiger partial charge in [0.2, 0.25) is 5.78 Å². The van der Waals surface area contributed by atoms with Crippen molar-refractivity contribution in [2.45, 2.75) is 25.7 Å². The van der Waals surface area contributed by atoms with E-state index in [0.29, 0.717) is 11.1 Å². The molecule has 1 atom stereocenters. The standard InChI is InChI=1S/C19H20O5S/c1-13-4-8-16(9-5-13)18(20)14(2)24-19(21)17-10-6-15(7-11-17)12-25(3,22)23/h4-11,14H,12H2,1-3H3/t14-/m1/s1. The lowest BCUT2D eigenvalue weighted by Gasteiger charge is -2.13. The quantitative estimate of drug-likeness (QED) is 0.585. The van der Waals surface area contributed by atoms with Gasteiger partial charge in [-0.2, -0.15) is 0 Å². The highest BCUT2D eigenvalue weighted by Gasteiger charge is 2.20. The van der Waals surface area contributed by atoms with E-state index in [2.05, 4.69) is 0 Å². The number of carbonyl (C=O) groups excluding carboxylic acids is 2. The molecule has 0 aliphatic heterocycles. The maximum Gasteiger partial charge on any atom is 0.338 e. The molecule has 6 heteroatoms. The first-order valence-corrected chi connectivity index (χ1v) is 9.80. The van der Waals surface area contributed by atoms with Crippen molar-refractivity contribution in [1.82, 2.24) is 0 Å². The third kappa shape index (κ3) is 5.53. The number of aryl methyl sites for hydroxylation is 1. The van der Waals surface area contributed by atoms with Crippen LogP contribution in [0.25, 0.3) is 0 Å². The summed E-state index contributed by atoms with van der Waals surface area (Å²) in [4.78, 5) is 24.4. The van der Waals surface area contributed by atoms with Crippen LogP contribution in [0.1, 0.15) is 38.8 Å². The average molecular weight is 360 g/mol. The largest absolute Gasteiger partial charge is 0.451 e. The molecule has 0 heterocycles. The Bertz CT molecular complexity index is 865. The Hall–Kier alpha value is -2.47. The molecule has 2 rings (SSSR count). The number of hydrogen-bond acceptors (Lipinski definition) is 5. The molecule has 0 aliphatic rings. The minimum absolute atomic E-state index is 0.0926. The van der Waals surface area contributed by atoms with Gasteiger partial charge in [-0.05, 0) is 31.5 Å². The molecule has 0 spiro atoms. The number of ether oxygens (including phenoxy) is 1. The molecule has 2 aromatic rings. The van der Waals surface area contributed by atoms with E-state index in [-0.39, 0.29) is 17.1 Å². The van der Waals surface area contributed by atoms with Gasteiger partial charge in [-0.15, -0.1) is 0 Å². The zero-order valence-electron chi connectivity index (χ0n) is 14.4. The predicted octanol–water partition coefficient (Wildman–Crippen LogP) is 2.97. The van der Waals surface area contributed by atoms with Crippen molar-refractivity contribution < 1.29 is 22.7 Å². The minimum Gasteiger partial charge on any atom is -0.451 e.